The summed E-state index contributed by atoms with van der Waals surface area (Å²) in [6.07, 6.45) is 5.21. The molecule has 1 saturated heterocycles. The molecule has 3 aromatic rings. The largest absolute Gasteiger partial charge is 0.479 e. The van der Waals surface area contributed by atoms with Crippen molar-refractivity contribution in [3.63, 3.8) is 0 Å². The van der Waals surface area contributed by atoms with Crippen molar-refractivity contribution in [3.8, 4) is 11.1 Å². The minimum Gasteiger partial charge on any atom is -0.479 e. The lowest BCUT2D eigenvalue weighted by Gasteiger charge is -2.40. The van der Waals surface area contributed by atoms with E-state index >= 15 is 0 Å². The van der Waals surface area contributed by atoms with Gasteiger partial charge in [0.05, 0.1) is 11.3 Å². The van der Waals surface area contributed by atoms with Gasteiger partial charge in [-0.05, 0) is 82.2 Å². The van der Waals surface area contributed by atoms with Crippen LogP contribution in [0, 0.1) is 18.2 Å². The van der Waals surface area contributed by atoms with Crippen LogP contribution in [0.5, 0.6) is 0 Å². The van der Waals surface area contributed by atoms with Crippen LogP contribution in [0.3, 0.4) is 0 Å². The van der Waals surface area contributed by atoms with E-state index in [0.717, 1.165) is 60.5 Å². The number of hydrogen-bond acceptors (Lipinski definition) is 6. The summed E-state index contributed by atoms with van der Waals surface area (Å²) in [5, 5.41) is 13.6. The topological polar surface area (TPSA) is 87.6 Å². The van der Waals surface area contributed by atoms with Crippen molar-refractivity contribution in [2.45, 2.75) is 72.5 Å². The first-order valence-electron chi connectivity index (χ1n) is 13.9. The minimum atomic E-state index is -1.15. The Bertz CT molecular complexity index is 1310. The van der Waals surface area contributed by atoms with Crippen LogP contribution in [0.1, 0.15) is 70.4 Å². The lowest BCUT2D eigenvalue weighted by atomic mass is 9.82. The van der Waals surface area contributed by atoms with Gasteiger partial charge in [-0.2, -0.15) is 0 Å². The number of anilines is 2. The third-order valence-corrected chi connectivity index (χ3v) is 7.39. The van der Waals surface area contributed by atoms with Crippen molar-refractivity contribution < 1.29 is 19.0 Å². The third-order valence-electron chi connectivity index (χ3n) is 7.39. The molecule has 0 spiro atoms. The molecule has 0 bridgehead atoms. The number of carboxylic acids is 1. The van der Waals surface area contributed by atoms with Crippen LogP contribution in [-0.4, -0.2) is 46.3 Å². The predicted molar refractivity (Wildman–Crippen MR) is 157 cm³/mol. The second-order valence-corrected chi connectivity index (χ2v) is 12.4. The number of rotatable bonds is 9. The Morgan fingerprint density at radius 3 is 2.35 bits per heavy atom. The van der Waals surface area contributed by atoms with Gasteiger partial charge in [-0.3, -0.25) is 4.98 Å². The molecule has 2 aromatic heterocycles. The van der Waals surface area contributed by atoms with Crippen LogP contribution in [0.25, 0.3) is 11.1 Å². The van der Waals surface area contributed by atoms with Crippen molar-refractivity contribution in [1.82, 2.24) is 9.97 Å². The Balaban J connectivity index is 1.67. The van der Waals surface area contributed by atoms with Gasteiger partial charge < -0.3 is 20.1 Å². The number of benzene rings is 1. The molecule has 1 aromatic carbocycles. The van der Waals surface area contributed by atoms with Crippen LogP contribution < -0.4 is 10.2 Å². The molecule has 1 fully saturated rings. The van der Waals surface area contributed by atoms with E-state index in [1.807, 2.05) is 46.0 Å². The van der Waals surface area contributed by atoms with Gasteiger partial charge in [0.1, 0.15) is 11.6 Å². The fraction of sp³-hybridized carbons (Fsp3) is 0.469. The molecule has 0 radical (unpaired) electrons. The van der Waals surface area contributed by atoms with Crippen LogP contribution in [0.2, 0.25) is 0 Å². The maximum atomic E-state index is 13.2. The quantitative estimate of drug-likeness (QED) is 0.304. The average molecular weight is 549 g/mol. The Kier molecular flexibility index (Phi) is 8.78. The van der Waals surface area contributed by atoms with Gasteiger partial charge in [0.2, 0.25) is 0 Å². The van der Waals surface area contributed by atoms with Gasteiger partial charge in [-0.15, -0.1) is 0 Å². The SMILES string of the molecule is Cc1ncc(-c2ccc(NCCc3ccc(F)cc3)nc2)c(N2CCC(C)(C)CC2)c1[C@H](OC(C)(C)C)C(=O)O. The fourth-order valence-corrected chi connectivity index (χ4v) is 5.04. The molecule has 1 aliphatic rings. The fourth-order valence-electron chi connectivity index (χ4n) is 5.04. The minimum absolute atomic E-state index is 0.232. The van der Waals surface area contributed by atoms with E-state index in [1.54, 1.807) is 18.3 Å². The van der Waals surface area contributed by atoms with E-state index in [1.165, 1.54) is 12.1 Å². The summed E-state index contributed by atoms with van der Waals surface area (Å²) >= 11 is 0. The molecule has 1 atom stereocenters. The molecular weight excluding hydrogens is 507 g/mol. The van der Waals surface area contributed by atoms with Crippen LogP contribution in [0.4, 0.5) is 15.9 Å². The molecule has 0 unspecified atom stereocenters. The zero-order chi connectivity index (χ0) is 29.1. The third kappa shape index (κ3) is 7.36. The van der Waals surface area contributed by atoms with E-state index in [2.05, 4.69) is 34.0 Å². The number of carbonyl (C=O) groups is 1. The smallest absolute Gasteiger partial charge is 0.337 e. The highest BCUT2D eigenvalue weighted by atomic mass is 19.1. The highest BCUT2D eigenvalue weighted by molar-refractivity contribution is 5.86. The van der Waals surface area contributed by atoms with Gasteiger partial charge in [0, 0.05) is 54.4 Å². The van der Waals surface area contributed by atoms with Gasteiger partial charge in [-0.1, -0.05) is 26.0 Å². The van der Waals surface area contributed by atoms with E-state index in [4.69, 9.17) is 4.74 Å². The molecular formula is C32H41FN4O3. The number of pyridine rings is 2. The summed E-state index contributed by atoms with van der Waals surface area (Å²) in [5.74, 6) is -0.545. The van der Waals surface area contributed by atoms with Crippen molar-refractivity contribution in [2.75, 3.05) is 29.9 Å². The second-order valence-electron chi connectivity index (χ2n) is 12.4. The molecule has 7 nitrogen and oxygen atoms in total. The number of nitrogens with one attached hydrogen (secondary N) is 1. The first kappa shape index (κ1) is 29.5. The summed E-state index contributed by atoms with van der Waals surface area (Å²) in [6, 6.07) is 10.4. The summed E-state index contributed by atoms with van der Waals surface area (Å²) in [4.78, 5) is 24.1. The number of aliphatic carboxylic acids is 1. The molecule has 0 saturated carbocycles. The van der Waals surface area contributed by atoms with E-state index in [9.17, 15) is 14.3 Å². The standard InChI is InChI=1S/C32H41FN4O3/c1-21-27(29(30(38)39)40-31(2,3)4)28(37-17-14-32(5,6)15-18-37)25(20-35-21)23-9-12-26(36-19-23)34-16-13-22-7-10-24(33)11-8-22/h7-12,19-20,29H,13-18H2,1-6H3,(H,34,36)(H,38,39)/t29-/m0/s1. The number of aryl methyl sites for hydroxylation is 1. The molecule has 0 aliphatic carbocycles. The Labute approximate surface area is 236 Å². The Morgan fingerprint density at radius 1 is 1.10 bits per heavy atom. The zero-order valence-electron chi connectivity index (χ0n) is 24.4. The van der Waals surface area contributed by atoms with Gasteiger partial charge >= 0.3 is 5.97 Å². The highest BCUT2D eigenvalue weighted by Crippen LogP contribution is 2.43. The number of carboxylic acid groups (broad SMARTS) is 1. The highest BCUT2D eigenvalue weighted by Gasteiger charge is 2.35. The number of halogens is 1. The van der Waals surface area contributed by atoms with E-state index < -0.39 is 17.7 Å². The summed E-state index contributed by atoms with van der Waals surface area (Å²) < 4.78 is 19.3. The summed E-state index contributed by atoms with van der Waals surface area (Å²) in [5.41, 5.74) is 4.42. The number of ether oxygens (including phenoxy) is 1. The molecule has 4 rings (SSSR count). The number of piperidine rings is 1. The van der Waals surface area contributed by atoms with Gasteiger partial charge in [0.25, 0.3) is 0 Å². The van der Waals surface area contributed by atoms with E-state index in [-0.39, 0.29) is 11.2 Å². The first-order valence-corrected chi connectivity index (χ1v) is 13.9. The second kappa shape index (κ2) is 11.9. The van der Waals surface area contributed by atoms with Crippen LogP contribution in [-0.2, 0) is 16.0 Å². The maximum Gasteiger partial charge on any atom is 0.337 e. The Hall–Kier alpha value is -3.52. The maximum absolute atomic E-state index is 13.2. The molecule has 2 N–H and O–H groups in total. The summed E-state index contributed by atoms with van der Waals surface area (Å²) in [7, 11) is 0. The lowest BCUT2D eigenvalue weighted by Crippen LogP contribution is -2.39. The van der Waals surface area contributed by atoms with Crippen molar-refractivity contribution in [3.05, 3.63) is 71.4 Å². The molecule has 1 aliphatic heterocycles. The van der Waals surface area contributed by atoms with Gasteiger partial charge in [0.15, 0.2) is 6.10 Å². The Morgan fingerprint density at radius 2 is 1.77 bits per heavy atom. The van der Waals surface area contributed by atoms with Crippen molar-refractivity contribution in [1.29, 1.82) is 0 Å². The molecule has 40 heavy (non-hydrogen) atoms. The van der Waals surface area contributed by atoms with Crippen molar-refractivity contribution in [2.24, 2.45) is 5.41 Å². The molecule has 214 valence electrons. The van der Waals surface area contributed by atoms with E-state index in [0.29, 0.717) is 17.8 Å². The lowest BCUT2D eigenvalue weighted by molar-refractivity contribution is -0.160. The van der Waals surface area contributed by atoms with Crippen LogP contribution in [0.15, 0.2) is 48.8 Å². The number of hydrogen-bond donors (Lipinski definition) is 2. The van der Waals surface area contributed by atoms with Crippen LogP contribution >= 0.6 is 0 Å². The van der Waals surface area contributed by atoms with Crippen molar-refractivity contribution >= 4 is 17.5 Å². The first-order chi connectivity index (χ1) is 18.8. The molecule has 3 heterocycles. The monoisotopic (exact) mass is 548 g/mol. The average Bonchev–Trinajstić information content (AvgIpc) is 2.88. The number of nitrogens with zero attached hydrogens (tertiary/aromatic N) is 3. The number of aromatic nitrogens is 2. The zero-order valence-corrected chi connectivity index (χ0v) is 24.4. The normalized spacial score (nSPS) is 16.0. The summed E-state index contributed by atoms with van der Waals surface area (Å²) in [6.45, 7) is 14.3. The predicted octanol–water partition coefficient (Wildman–Crippen LogP) is 6.81. The molecule has 0 amide bonds. The van der Waals surface area contributed by atoms with Gasteiger partial charge in [-0.25, -0.2) is 14.2 Å². The molecule has 8 heteroatoms.